The van der Waals surface area contributed by atoms with Gasteiger partial charge >= 0.3 is 11.8 Å². The van der Waals surface area contributed by atoms with Crippen LogP contribution < -0.4 is 15.4 Å². The smallest absolute Gasteiger partial charge is 0.309 e. The Kier molecular flexibility index (Phi) is 8.41. The second kappa shape index (κ2) is 11.2. The molecule has 0 saturated heterocycles. The van der Waals surface area contributed by atoms with Crippen molar-refractivity contribution in [1.29, 1.82) is 0 Å². The average molecular weight is 458 g/mol. The Labute approximate surface area is 190 Å². The van der Waals surface area contributed by atoms with Gasteiger partial charge in [0.2, 0.25) is 10.0 Å². The molecule has 7 nitrogen and oxygen atoms in total. The molecule has 2 aromatic rings. The van der Waals surface area contributed by atoms with Crippen molar-refractivity contribution < 1.29 is 18.0 Å². The van der Waals surface area contributed by atoms with Gasteiger partial charge in [0, 0.05) is 12.6 Å². The molecular weight excluding hydrogens is 426 g/mol. The van der Waals surface area contributed by atoms with Crippen molar-refractivity contribution in [3.8, 4) is 0 Å². The number of rotatable bonds is 8. The van der Waals surface area contributed by atoms with Crippen LogP contribution in [0.1, 0.15) is 56.2 Å². The summed E-state index contributed by atoms with van der Waals surface area (Å²) in [6.07, 6.45) is 5.53. The van der Waals surface area contributed by atoms with Crippen molar-refractivity contribution in [1.82, 2.24) is 15.4 Å². The quantitative estimate of drug-likeness (QED) is 0.530. The molecule has 2 aromatic carbocycles. The first-order valence-corrected chi connectivity index (χ1v) is 12.6. The van der Waals surface area contributed by atoms with Crippen molar-refractivity contribution in [2.45, 2.75) is 62.4 Å². The van der Waals surface area contributed by atoms with E-state index in [0.717, 1.165) is 43.2 Å². The third-order valence-corrected chi connectivity index (χ3v) is 7.25. The molecule has 0 aliphatic heterocycles. The Morgan fingerprint density at radius 1 is 0.938 bits per heavy atom. The highest BCUT2D eigenvalue weighted by atomic mass is 32.2. The van der Waals surface area contributed by atoms with Crippen LogP contribution in [0.25, 0.3) is 0 Å². The maximum Gasteiger partial charge on any atom is 0.309 e. The van der Waals surface area contributed by atoms with Gasteiger partial charge in [-0.05, 0) is 49.4 Å². The zero-order chi connectivity index (χ0) is 23.0. The zero-order valence-electron chi connectivity index (χ0n) is 18.3. The molecule has 1 atom stereocenters. The average Bonchev–Trinajstić information content (AvgIpc) is 2.80. The van der Waals surface area contributed by atoms with E-state index < -0.39 is 21.8 Å². The molecule has 0 bridgehead atoms. The molecular formula is C24H31N3O4S. The molecule has 172 valence electrons. The zero-order valence-corrected chi connectivity index (χ0v) is 19.2. The van der Waals surface area contributed by atoms with Gasteiger partial charge in [-0.2, -0.15) is 0 Å². The van der Waals surface area contributed by atoms with Crippen molar-refractivity contribution >= 4 is 21.8 Å². The van der Waals surface area contributed by atoms with Crippen LogP contribution in [0.5, 0.6) is 0 Å². The van der Waals surface area contributed by atoms with Crippen molar-refractivity contribution in [3.05, 3.63) is 65.7 Å². The third-order valence-electron chi connectivity index (χ3n) is 5.71. The Hall–Kier alpha value is -2.71. The van der Waals surface area contributed by atoms with E-state index in [1.807, 2.05) is 37.3 Å². The summed E-state index contributed by atoms with van der Waals surface area (Å²) in [7, 11) is -3.53. The first-order valence-electron chi connectivity index (χ1n) is 11.1. The fourth-order valence-electron chi connectivity index (χ4n) is 3.83. The summed E-state index contributed by atoms with van der Waals surface area (Å²) in [6.45, 7) is 2.09. The van der Waals surface area contributed by atoms with Crippen LogP contribution in [0.3, 0.4) is 0 Å². The summed E-state index contributed by atoms with van der Waals surface area (Å²) in [4.78, 5) is 24.4. The Morgan fingerprint density at radius 3 is 2.25 bits per heavy atom. The van der Waals surface area contributed by atoms with Crippen LogP contribution in [0, 0.1) is 0 Å². The van der Waals surface area contributed by atoms with Crippen LogP contribution in [0.2, 0.25) is 0 Å². The molecule has 32 heavy (non-hydrogen) atoms. The molecule has 1 aliphatic carbocycles. The first-order chi connectivity index (χ1) is 15.3. The summed E-state index contributed by atoms with van der Waals surface area (Å²) in [5.74, 6) is -1.37. The molecule has 3 rings (SSSR count). The van der Waals surface area contributed by atoms with Crippen LogP contribution in [0.15, 0.2) is 59.5 Å². The summed E-state index contributed by atoms with van der Waals surface area (Å²) >= 11 is 0. The van der Waals surface area contributed by atoms with Crippen LogP contribution in [0.4, 0.5) is 0 Å². The van der Waals surface area contributed by atoms with E-state index in [1.54, 1.807) is 24.3 Å². The number of carbonyl (C=O) groups is 2. The topological polar surface area (TPSA) is 104 Å². The van der Waals surface area contributed by atoms with Crippen molar-refractivity contribution in [3.63, 3.8) is 0 Å². The van der Waals surface area contributed by atoms with Gasteiger partial charge in [-0.3, -0.25) is 9.59 Å². The fourth-order valence-corrected chi connectivity index (χ4v) is 5.14. The van der Waals surface area contributed by atoms with E-state index in [1.165, 1.54) is 0 Å². The van der Waals surface area contributed by atoms with Gasteiger partial charge in [-0.25, -0.2) is 13.1 Å². The number of benzene rings is 2. The highest BCUT2D eigenvalue weighted by Gasteiger charge is 2.22. The molecule has 1 saturated carbocycles. The number of hydrogen-bond acceptors (Lipinski definition) is 4. The molecule has 2 amide bonds. The van der Waals surface area contributed by atoms with E-state index in [9.17, 15) is 18.0 Å². The second-order valence-corrected chi connectivity index (χ2v) is 9.93. The monoisotopic (exact) mass is 457 g/mol. The normalized spacial score (nSPS) is 15.7. The molecule has 0 aromatic heterocycles. The maximum atomic E-state index is 12.6. The predicted molar refractivity (Wildman–Crippen MR) is 123 cm³/mol. The largest absolute Gasteiger partial charge is 0.348 e. The molecule has 0 radical (unpaired) electrons. The summed E-state index contributed by atoms with van der Waals surface area (Å²) in [6, 6.07) is 15.8. The van der Waals surface area contributed by atoms with E-state index in [2.05, 4.69) is 15.4 Å². The van der Waals surface area contributed by atoms with Gasteiger partial charge in [-0.1, -0.05) is 61.7 Å². The van der Waals surface area contributed by atoms with Gasteiger partial charge in [-0.15, -0.1) is 0 Å². The lowest BCUT2D eigenvalue weighted by molar-refractivity contribution is -0.139. The van der Waals surface area contributed by atoms with Crippen LogP contribution in [-0.2, 0) is 26.0 Å². The molecule has 3 N–H and O–H groups in total. The van der Waals surface area contributed by atoms with Gasteiger partial charge in [0.05, 0.1) is 10.9 Å². The summed E-state index contributed by atoms with van der Waals surface area (Å²) in [5, 5.41) is 5.28. The second-order valence-electron chi connectivity index (χ2n) is 8.21. The fraction of sp³-hybridized carbons (Fsp3) is 0.417. The van der Waals surface area contributed by atoms with Gasteiger partial charge in [0.1, 0.15) is 0 Å². The Morgan fingerprint density at radius 2 is 1.59 bits per heavy atom. The predicted octanol–water partition coefficient (Wildman–Crippen LogP) is 2.83. The minimum atomic E-state index is -3.53. The van der Waals surface area contributed by atoms with Crippen LogP contribution >= 0.6 is 0 Å². The van der Waals surface area contributed by atoms with E-state index in [0.29, 0.717) is 6.42 Å². The maximum absolute atomic E-state index is 12.6. The van der Waals surface area contributed by atoms with Crippen molar-refractivity contribution in [2.75, 3.05) is 6.54 Å². The summed E-state index contributed by atoms with van der Waals surface area (Å²) in [5.41, 5.74) is 1.79. The SMILES string of the molecule is C[C@H](NC(=O)C(=O)NCCc1ccc(S(=O)(=O)NC2CCCCC2)cc1)c1ccccc1. The Bertz CT molecular complexity index is 1000. The molecule has 0 heterocycles. The molecule has 1 aliphatic rings. The van der Waals surface area contributed by atoms with E-state index in [4.69, 9.17) is 0 Å². The highest BCUT2D eigenvalue weighted by molar-refractivity contribution is 7.89. The lowest BCUT2D eigenvalue weighted by atomic mass is 9.96. The number of nitrogens with one attached hydrogen (secondary N) is 3. The van der Waals surface area contributed by atoms with Crippen molar-refractivity contribution in [2.24, 2.45) is 0 Å². The minimum Gasteiger partial charge on any atom is -0.348 e. The standard InChI is InChI=1S/C24H31N3O4S/c1-18(20-8-4-2-5-9-20)26-24(29)23(28)25-17-16-19-12-14-22(15-13-19)32(30,31)27-21-10-6-3-7-11-21/h2,4-5,8-9,12-15,18,21,27H,3,6-7,10-11,16-17H2,1H3,(H,25,28)(H,26,29)/t18-/m0/s1. The molecule has 8 heteroatoms. The highest BCUT2D eigenvalue weighted by Crippen LogP contribution is 2.20. The lowest BCUT2D eigenvalue weighted by Crippen LogP contribution is -2.41. The van der Waals surface area contributed by atoms with E-state index >= 15 is 0 Å². The molecule has 0 spiro atoms. The molecule has 1 fully saturated rings. The number of sulfonamides is 1. The number of hydrogen-bond donors (Lipinski definition) is 3. The van der Waals surface area contributed by atoms with Crippen LogP contribution in [-0.4, -0.2) is 32.8 Å². The third kappa shape index (κ3) is 6.90. The first kappa shape index (κ1) is 23.9. The lowest BCUT2D eigenvalue weighted by Gasteiger charge is -2.22. The molecule has 0 unspecified atom stereocenters. The number of carbonyl (C=O) groups excluding carboxylic acids is 2. The van der Waals surface area contributed by atoms with Gasteiger partial charge < -0.3 is 10.6 Å². The van der Waals surface area contributed by atoms with Gasteiger partial charge in [0.25, 0.3) is 0 Å². The minimum absolute atomic E-state index is 0.0133. The summed E-state index contributed by atoms with van der Waals surface area (Å²) < 4.78 is 27.9. The Balaban J connectivity index is 1.44. The van der Waals surface area contributed by atoms with E-state index in [-0.39, 0.29) is 23.5 Å². The number of amides is 2. The van der Waals surface area contributed by atoms with Gasteiger partial charge in [0.15, 0.2) is 0 Å².